The third-order valence-electron chi connectivity index (χ3n) is 3.10. The molecule has 0 atom stereocenters. The molecular formula is C16H32N2O2S2. The number of amides is 1. The van der Waals surface area contributed by atoms with E-state index in [1.54, 1.807) is 10.8 Å². The first kappa shape index (κ1) is 21.8. The van der Waals surface area contributed by atoms with Crippen molar-refractivity contribution in [3.8, 4) is 0 Å². The van der Waals surface area contributed by atoms with E-state index in [1.807, 2.05) is 31.6 Å². The monoisotopic (exact) mass is 348 g/mol. The van der Waals surface area contributed by atoms with Crippen LogP contribution in [-0.4, -0.2) is 42.8 Å². The summed E-state index contributed by atoms with van der Waals surface area (Å²) in [7, 11) is 3.64. The quantitative estimate of drug-likeness (QED) is 0.395. The summed E-state index contributed by atoms with van der Waals surface area (Å²) in [5.41, 5.74) is -0.260. The molecular weight excluding hydrogens is 316 g/mol. The van der Waals surface area contributed by atoms with Gasteiger partial charge in [0.2, 0.25) is 5.91 Å². The van der Waals surface area contributed by atoms with Crippen LogP contribution in [0.25, 0.3) is 0 Å². The molecule has 2 N–H and O–H groups in total. The normalized spacial score (nSPS) is 11.5. The number of carbonyl (C=O) groups excluding carboxylic acids is 2. The minimum Gasteiger partial charge on any atom is -0.355 e. The average molecular weight is 349 g/mol. The van der Waals surface area contributed by atoms with Crippen molar-refractivity contribution in [1.29, 1.82) is 0 Å². The van der Waals surface area contributed by atoms with Crippen LogP contribution in [0.2, 0.25) is 0 Å². The molecule has 1 amide bonds. The molecule has 0 aliphatic rings. The molecule has 0 radical (unpaired) electrons. The molecule has 0 bridgehead atoms. The highest BCUT2D eigenvalue weighted by Crippen LogP contribution is 2.19. The number of hydrogen-bond donors (Lipinski definition) is 2. The maximum Gasteiger partial charge on any atom is 0.220 e. The SMILES string of the molecule is CCNCCSSCCNC(=O)CCCCC(=O)C(C)(C)C. The van der Waals surface area contributed by atoms with Gasteiger partial charge in [0.15, 0.2) is 0 Å². The van der Waals surface area contributed by atoms with Crippen LogP contribution >= 0.6 is 21.6 Å². The lowest BCUT2D eigenvalue weighted by atomic mass is 9.88. The Morgan fingerprint density at radius 3 is 2.14 bits per heavy atom. The van der Waals surface area contributed by atoms with E-state index >= 15 is 0 Å². The summed E-state index contributed by atoms with van der Waals surface area (Å²) in [6.07, 6.45) is 2.70. The van der Waals surface area contributed by atoms with Gasteiger partial charge in [-0.3, -0.25) is 9.59 Å². The van der Waals surface area contributed by atoms with Gasteiger partial charge in [0.1, 0.15) is 5.78 Å². The molecule has 0 aliphatic heterocycles. The number of unbranched alkanes of at least 4 members (excludes halogenated alkanes) is 1. The van der Waals surface area contributed by atoms with E-state index in [0.717, 1.165) is 44.0 Å². The lowest BCUT2D eigenvalue weighted by Gasteiger charge is -2.16. The van der Waals surface area contributed by atoms with Crippen molar-refractivity contribution in [2.45, 2.75) is 53.4 Å². The second-order valence-electron chi connectivity index (χ2n) is 6.23. The Morgan fingerprint density at radius 2 is 1.55 bits per heavy atom. The van der Waals surface area contributed by atoms with Crippen LogP contribution in [-0.2, 0) is 9.59 Å². The van der Waals surface area contributed by atoms with Crippen LogP contribution in [0, 0.1) is 5.41 Å². The third kappa shape index (κ3) is 13.5. The van der Waals surface area contributed by atoms with E-state index in [-0.39, 0.29) is 17.1 Å². The van der Waals surface area contributed by atoms with Gasteiger partial charge in [-0.25, -0.2) is 0 Å². The van der Waals surface area contributed by atoms with Gasteiger partial charge in [-0.05, 0) is 19.4 Å². The molecule has 0 aromatic rings. The van der Waals surface area contributed by atoms with Gasteiger partial charge in [-0.15, -0.1) is 0 Å². The van der Waals surface area contributed by atoms with Crippen molar-refractivity contribution < 1.29 is 9.59 Å². The molecule has 0 spiro atoms. The number of hydrogen-bond acceptors (Lipinski definition) is 5. The summed E-state index contributed by atoms with van der Waals surface area (Å²) in [6, 6.07) is 0. The molecule has 4 nitrogen and oxygen atoms in total. The van der Waals surface area contributed by atoms with Crippen LogP contribution in [0.3, 0.4) is 0 Å². The molecule has 6 heteroatoms. The predicted octanol–water partition coefficient (Wildman–Crippen LogP) is 3.27. The summed E-state index contributed by atoms with van der Waals surface area (Å²) in [6.45, 7) is 10.7. The third-order valence-corrected chi connectivity index (χ3v) is 5.51. The Bertz CT molecular complexity index is 318. The van der Waals surface area contributed by atoms with Gasteiger partial charge in [0.25, 0.3) is 0 Å². The molecule has 0 aromatic heterocycles. The minimum atomic E-state index is -0.260. The second-order valence-corrected chi connectivity index (χ2v) is 8.93. The van der Waals surface area contributed by atoms with Crippen molar-refractivity contribution >= 4 is 33.3 Å². The molecule has 0 saturated carbocycles. The fourth-order valence-corrected chi connectivity index (χ4v) is 3.53. The lowest BCUT2D eigenvalue weighted by Crippen LogP contribution is -2.25. The fourth-order valence-electron chi connectivity index (χ4n) is 1.68. The molecule has 0 aliphatic carbocycles. The molecule has 22 heavy (non-hydrogen) atoms. The van der Waals surface area contributed by atoms with E-state index in [9.17, 15) is 9.59 Å². The Hall–Kier alpha value is -0.200. The van der Waals surface area contributed by atoms with Crippen LogP contribution in [0.5, 0.6) is 0 Å². The molecule has 0 heterocycles. The highest BCUT2D eigenvalue weighted by molar-refractivity contribution is 8.76. The van der Waals surface area contributed by atoms with Crippen molar-refractivity contribution in [2.75, 3.05) is 31.1 Å². The summed E-state index contributed by atoms with van der Waals surface area (Å²) in [5.74, 6) is 2.40. The van der Waals surface area contributed by atoms with E-state index < -0.39 is 0 Å². The van der Waals surface area contributed by atoms with E-state index in [1.165, 1.54) is 0 Å². The van der Waals surface area contributed by atoms with Gasteiger partial charge >= 0.3 is 0 Å². The molecule has 0 rings (SSSR count). The first-order valence-electron chi connectivity index (χ1n) is 8.13. The Balaban J connectivity index is 3.39. The van der Waals surface area contributed by atoms with Gasteiger partial charge in [-0.1, -0.05) is 49.3 Å². The summed E-state index contributed by atoms with van der Waals surface area (Å²) in [4.78, 5) is 23.4. The lowest BCUT2D eigenvalue weighted by molar-refractivity contribution is -0.126. The topological polar surface area (TPSA) is 58.2 Å². The van der Waals surface area contributed by atoms with E-state index in [2.05, 4.69) is 17.6 Å². The van der Waals surface area contributed by atoms with Crippen molar-refractivity contribution in [1.82, 2.24) is 10.6 Å². The summed E-state index contributed by atoms with van der Waals surface area (Å²) >= 11 is 0. The highest BCUT2D eigenvalue weighted by Gasteiger charge is 2.20. The minimum absolute atomic E-state index is 0.0986. The smallest absolute Gasteiger partial charge is 0.220 e. The second kappa shape index (κ2) is 13.3. The number of carbonyl (C=O) groups is 2. The molecule has 0 saturated heterocycles. The van der Waals surface area contributed by atoms with Gasteiger partial charge in [0.05, 0.1) is 0 Å². The molecule has 0 aromatic carbocycles. The zero-order chi connectivity index (χ0) is 16.8. The van der Waals surface area contributed by atoms with Crippen LogP contribution < -0.4 is 10.6 Å². The first-order valence-corrected chi connectivity index (χ1v) is 10.6. The van der Waals surface area contributed by atoms with Gasteiger partial charge in [-0.2, -0.15) is 0 Å². The molecule has 130 valence electrons. The molecule has 0 unspecified atom stereocenters. The number of nitrogens with one attached hydrogen (secondary N) is 2. The van der Waals surface area contributed by atoms with Gasteiger partial charge in [0, 0.05) is 42.9 Å². The predicted molar refractivity (Wildman–Crippen MR) is 99.4 cm³/mol. The maximum atomic E-state index is 11.7. The number of Topliss-reactive ketones (excluding diaryl/α,β-unsaturated/α-hetero) is 1. The number of rotatable bonds is 13. The Kier molecular flexibility index (Phi) is 13.1. The molecule has 0 fully saturated rings. The zero-order valence-corrected chi connectivity index (χ0v) is 16.1. The Labute approximate surface area is 143 Å². The van der Waals surface area contributed by atoms with Crippen molar-refractivity contribution in [3.63, 3.8) is 0 Å². The van der Waals surface area contributed by atoms with Crippen molar-refractivity contribution in [2.24, 2.45) is 5.41 Å². The fraction of sp³-hybridized carbons (Fsp3) is 0.875. The zero-order valence-electron chi connectivity index (χ0n) is 14.5. The summed E-state index contributed by atoms with van der Waals surface area (Å²) < 4.78 is 0. The summed E-state index contributed by atoms with van der Waals surface area (Å²) in [5, 5.41) is 6.20. The Morgan fingerprint density at radius 1 is 0.955 bits per heavy atom. The van der Waals surface area contributed by atoms with Crippen LogP contribution in [0.15, 0.2) is 0 Å². The van der Waals surface area contributed by atoms with Crippen molar-refractivity contribution in [3.05, 3.63) is 0 Å². The first-order chi connectivity index (χ1) is 10.4. The van der Waals surface area contributed by atoms with E-state index in [4.69, 9.17) is 0 Å². The highest BCUT2D eigenvalue weighted by atomic mass is 33.1. The van der Waals surface area contributed by atoms with Gasteiger partial charge < -0.3 is 10.6 Å². The average Bonchev–Trinajstić information content (AvgIpc) is 2.45. The van der Waals surface area contributed by atoms with Crippen LogP contribution in [0.4, 0.5) is 0 Å². The van der Waals surface area contributed by atoms with Crippen LogP contribution in [0.1, 0.15) is 53.4 Å². The van der Waals surface area contributed by atoms with E-state index in [0.29, 0.717) is 12.8 Å². The maximum absolute atomic E-state index is 11.7. The standard InChI is InChI=1S/C16H32N2O2S2/c1-5-17-10-12-21-22-13-11-18-15(20)9-7-6-8-14(19)16(2,3)4/h17H,5-13H2,1-4H3,(H,18,20). The largest absolute Gasteiger partial charge is 0.355 e. The number of ketones is 1.